The first-order chi connectivity index (χ1) is 8.98. The van der Waals surface area contributed by atoms with Crippen LogP contribution in [0.3, 0.4) is 0 Å². The van der Waals surface area contributed by atoms with Crippen molar-refractivity contribution in [2.75, 3.05) is 6.61 Å². The quantitative estimate of drug-likeness (QED) is 0.548. The van der Waals surface area contributed by atoms with E-state index in [9.17, 15) is 0 Å². The van der Waals surface area contributed by atoms with Crippen LogP contribution in [0.2, 0.25) is 0 Å². The molecule has 1 rings (SSSR count). The van der Waals surface area contributed by atoms with Crippen LogP contribution < -0.4 is 11.3 Å². The summed E-state index contributed by atoms with van der Waals surface area (Å²) in [7, 11) is 0. The Hall–Kier alpha value is -0.120. The Bertz CT molecular complexity index is 231. The van der Waals surface area contributed by atoms with Gasteiger partial charge in [-0.25, -0.2) is 0 Å². The molecule has 0 radical (unpaired) electrons. The van der Waals surface area contributed by atoms with Crippen LogP contribution >= 0.6 is 0 Å². The average molecular weight is 270 g/mol. The lowest BCUT2D eigenvalue weighted by molar-refractivity contribution is -0.0213. The van der Waals surface area contributed by atoms with Crippen LogP contribution in [0.25, 0.3) is 0 Å². The van der Waals surface area contributed by atoms with E-state index in [1.165, 1.54) is 38.5 Å². The average Bonchev–Trinajstić information content (AvgIpc) is 2.38. The molecule has 1 fully saturated rings. The second-order valence-electron chi connectivity index (χ2n) is 7.19. The summed E-state index contributed by atoms with van der Waals surface area (Å²) in [6.45, 7) is 9.74. The van der Waals surface area contributed by atoms with Crippen molar-refractivity contribution in [2.45, 2.75) is 84.8 Å². The molecule has 0 heterocycles. The minimum Gasteiger partial charge on any atom is -0.377 e. The third-order valence-corrected chi connectivity index (χ3v) is 4.29. The molecule has 1 aliphatic rings. The second kappa shape index (κ2) is 8.23. The van der Waals surface area contributed by atoms with E-state index in [4.69, 9.17) is 10.6 Å². The smallest absolute Gasteiger partial charge is 0.0769 e. The van der Waals surface area contributed by atoms with Crippen LogP contribution in [0.15, 0.2) is 0 Å². The highest BCUT2D eigenvalue weighted by Crippen LogP contribution is 2.31. The molecule has 0 aromatic heterocycles. The Morgan fingerprint density at radius 1 is 1.21 bits per heavy atom. The largest absolute Gasteiger partial charge is 0.377 e. The fourth-order valence-corrected chi connectivity index (χ4v) is 3.17. The molecular weight excluding hydrogens is 236 g/mol. The molecule has 114 valence electrons. The van der Waals surface area contributed by atoms with Gasteiger partial charge in [-0.05, 0) is 43.9 Å². The van der Waals surface area contributed by atoms with E-state index in [0.29, 0.717) is 17.4 Å². The highest BCUT2D eigenvalue weighted by atomic mass is 16.5. The van der Waals surface area contributed by atoms with Crippen LogP contribution in [0.1, 0.15) is 72.6 Å². The third kappa shape index (κ3) is 6.24. The maximum absolute atomic E-state index is 6.06. The second-order valence-corrected chi connectivity index (χ2v) is 7.19. The predicted molar refractivity (Wildman–Crippen MR) is 81.8 cm³/mol. The first kappa shape index (κ1) is 16.9. The van der Waals surface area contributed by atoms with E-state index < -0.39 is 0 Å². The van der Waals surface area contributed by atoms with Crippen LogP contribution in [-0.2, 0) is 4.74 Å². The minimum atomic E-state index is 0.289. The van der Waals surface area contributed by atoms with Gasteiger partial charge in [-0.1, -0.05) is 40.0 Å². The lowest BCUT2D eigenvalue weighted by atomic mass is 9.80. The van der Waals surface area contributed by atoms with Crippen molar-refractivity contribution in [3.05, 3.63) is 0 Å². The molecule has 1 saturated carbocycles. The van der Waals surface area contributed by atoms with Crippen molar-refractivity contribution in [3.63, 3.8) is 0 Å². The maximum atomic E-state index is 6.06. The van der Waals surface area contributed by atoms with Gasteiger partial charge in [0.05, 0.1) is 6.10 Å². The molecule has 3 N–H and O–H groups in total. The van der Waals surface area contributed by atoms with Crippen molar-refractivity contribution >= 4 is 0 Å². The molecule has 1 aliphatic carbocycles. The summed E-state index contributed by atoms with van der Waals surface area (Å²) < 4.78 is 6.06. The fourth-order valence-electron chi connectivity index (χ4n) is 3.17. The first-order valence-electron chi connectivity index (χ1n) is 8.05. The number of nitrogens with two attached hydrogens (primary N) is 1. The topological polar surface area (TPSA) is 47.3 Å². The van der Waals surface area contributed by atoms with E-state index in [1.807, 2.05) is 0 Å². The maximum Gasteiger partial charge on any atom is 0.0769 e. The molecule has 2 atom stereocenters. The Morgan fingerprint density at radius 3 is 2.32 bits per heavy atom. The Labute approximate surface area is 119 Å². The summed E-state index contributed by atoms with van der Waals surface area (Å²) in [6, 6.07) is 0.294. The van der Waals surface area contributed by atoms with Crippen LogP contribution in [-0.4, -0.2) is 18.8 Å². The van der Waals surface area contributed by atoms with Crippen LogP contribution in [0, 0.1) is 11.3 Å². The Kier molecular flexibility index (Phi) is 7.33. The molecular formula is C16H34N2O. The zero-order valence-corrected chi connectivity index (χ0v) is 13.4. The summed E-state index contributed by atoms with van der Waals surface area (Å²) in [4.78, 5) is 0. The zero-order valence-electron chi connectivity index (χ0n) is 13.4. The van der Waals surface area contributed by atoms with E-state index in [0.717, 1.165) is 13.0 Å². The number of ether oxygens (including phenoxy) is 1. The molecule has 3 nitrogen and oxygen atoms in total. The number of rotatable bonds is 7. The van der Waals surface area contributed by atoms with Gasteiger partial charge in [-0.3, -0.25) is 11.3 Å². The molecule has 0 spiro atoms. The summed E-state index contributed by atoms with van der Waals surface area (Å²) in [5.41, 5.74) is 3.39. The number of hydrazine groups is 1. The minimum absolute atomic E-state index is 0.289. The standard InChI is InChI=1S/C16H34N2O/c1-5-19-15(13-9-7-6-8-10-13)14(18-17)11-12-16(2,3)4/h13-15,18H,5-12,17H2,1-4H3. The molecule has 3 heteroatoms. The predicted octanol–water partition coefficient (Wildman–Crippen LogP) is 3.63. The van der Waals surface area contributed by atoms with Crippen molar-refractivity contribution in [3.8, 4) is 0 Å². The highest BCUT2D eigenvalue weighted by Gasteiger charge is 2.31. The molecule has 0 aromatic carbocycles. The molecule has 0 aliphatic heterocycles. The van der Waals surface area contributed by atoms with Crippen LogP contribution in [0.5, 0.6) is 0 Å². The lowest BCUT2D eigenvalue weighted by Gasteiger charge is -2.36. The third-order valence-electron chi connectivity index (χ3n) is 4.29. The van der Waals surface area contributed by atoms with Gasteiger partial charge in [0.1, 0.15) is 0 Å². The van der Waals surface area contributed by atoms with Crippen molar-refractivity contribution in [1.29, 1.82) is 0 Å². The summed E-state index contributed by atoms with van der Waals surface area (Å²) >= 11 is 0. The summed E-state index contributed by atoms with van der Waals surface area (Å²) in [5.74, 6) is 6.50. The Morgan fingerprint density at radius 2 is 1.84 bits per heavy atom. The van der Waals surface area contributed by atoms with Gasteiger partial charge in [0, 0.05) is 12.6 Å². The van der Waals surface area contributed by atoms with Gasteiger partial charge in [0.25, 0.3) is 0 Å². The summed E-state index contributed by atoms with van der Waals surface area (Å²) in [5, 5.41) is 0. The van der Waals surface area contributed by atoms with E-state index >= 15 is 0 Å². The zero-order chi connectivity index (χ0) is 14.3. The molecule has 0 amide bonds. The van der Waals surface area contributed by atoms with Gasteiger partial charge in [0.2, 0.25) is 0 Å². The monoisotopic (exact) mass is 270 g/mol. The van der Waals surface area contributed by atoms with E-state index in [-0.39, 0.29) is 6.10 Å². The number of hydrogen-bond acceptors (Lipinski definition) is 3. The highest BCUT2D eigenvalue weighted by molar-refractivity contribution is 4.85. The van der Waals surface area contributed by atoms with Gasteiger partial charge < -0.3 is 4.74 Å². The molecule has 0 aromatic rings. The van der Waals surface area contributed by atoms with Crippen LogP contribution in [0.4, 0.5) is 0 Å². The molecule has 0 bridgehead atoms. The number of hydrogen-bond donors (Lipinski definition) is 2. The Balaban J connectivity index is 2.59. The van der Waals surface area contributed by atoms with E-state index in [2.05, 4.69) is 33.1 Å². The SMILES string of the molecule is CCOC(C1CCCCC1)C(CCC(C)(C)C)NN. The molecule has 19 heavy (non-hydrogen) atoms. The fraction of sp³-hybridized carbons (Fsp3) is 1.00. The molecule has 2 unspecified atom stereocenters. The van der Waals surface area contributed by atoms with E-state index in [1.54, 1.807) is 0 Å². The van der Waals surface area contributed by atoms with Gasteiger partial charge in [0.15, 0.2) is 0 Å². The van der Waals surface area contributed by atoms with Crippen molar-refractivity contribution in [2.24, 2.45) is 17.2 Å². The van der Waals surface area contributed by atoms with Crippen molar-refractivity contribution < 1.29 is 4.74 Å². The normalized spacial score (nSPS) is 21.3. The van der Waals surface area contributed by atoms with Crippen molar-refractivity contribution in [1.82, 2.24) is 5.43 Å². The summed E-state index contributed by atoms with van der Waals surface area (Å²) in [6.07, 6.45) is 9.27. The van der Waals surface area contributed by atoms with Gasteiger partial charge in [-0.15, -0.1) is 0 Å². The number of nitrogens with one attached hydrogen (secondary N) is 1. The molecule has 0 saturated heterocycles. The van der Waals surface area contributed by atoms with Gasteiger partial charge in [-0.2, -0.15) is 0 Å². The van der Waals surface area contributed by atoms with Gasteiger partial charge >= 0.3 is 0 Å². The first-order valence-corrected chi connectivity index (χ1v) is 8.05. The lowest BCUT2D eigenvalue weighted by Crippen LogP contribution is -2.49.